The lowest BCUT2D eigenvalue weighted by Gasteiger charge is -2.12. The summed E-state index contributed by atoms with van der Waals surface area (Å²) in [7, 11) is 0. The lowest BCUT2D eigenvalue weighted by molar-refractivity contribution is -0.385. The second-order valence-electron chi connectivity index (χ2n) is 6.87. The maximum absolute atomic E-state index is 12.2. The highest BCUT2D eigenvalue weighted by molar-refractivity contribution is 5.92. The van der Waals surface area contributed by atoms with Crippen molar-refractivity contribution in [1.82, 2.24) is 4.98 Å². The molecular formula is C23H23N5O5. The lowest BCUT2D eigenvalue weighted by Crippen LogP contribution is -2.20. The van der Waals surface area contributed by atoms with Crippen LogP contribution in [0, 0.1) is 17.0 Å². The Labute approximate surface area is 190 Å². The van der Waals surface area contributed by atoms with Crippen molar-refractivity contribution in [3.05, 3.63) is 82.0 Å². The van der Waals surface area contributed by atoms with E-state index in [0.717, 1.165) is 11.8 Å². The number of hydrogen-bond donors (Lipinski definition) is 2. The van der Waals surface area contributed by atoms with Crippen LogP contribution in [0.1, 0.15) is 18.1 Å². The van der Waals surface area contributed by atoms with Crippen LogP contribution in [-0.2, 0) is 4.79 Å². The highest BCUT2D eigenvalue weighted by atomic mass is 16.6. The Kier molecular flexibility index (Phi) is 7.90. The van der Waals surface area contributed by atoms with Crippen molar-refractivity contribution in [3.8, 4) is 11.5 Å². The second kappa shape index (κ2) is 11.2. The van der Waals surface area contributed by atoms with E-state index < -0.39 is 4.92 Å². The first-order chi connectivity index (χ1) is 15.9. The number of aromatic nitrogens is 1. The fourth-order valence-electron chi connectivity index (χ4n) is 2.70. The molecule has 33 heavy (non-hydrogen) atoms. The summed E-state index contributed by atoms with van der Waals surface area (Å²) >= 11 is 0. The molecule has 0 aliphatic carbocycles. The van der Waals surface area contributed by atoms with Crippen LogP contribution >= 0.6 is 0 Å². The van der Waals surface area contributed by atoms with Gasteiger partial charge in [-0.2, -0.15) is 5.10 Å². The van der Waals surface area contributed by atoms with Gasteiger partial charge in [0, 0.05) is 11.8 Å². The molecule has 2 aromatic carbocycles. The molecular weight excluding hydrogens is 426 g/mol. The zero-order valence-electron chi connectivity index (χ0n) is 18.1. The van der Waals surface area contributed by atoms with Crippen molar-refractivity contribution in [3.63, 3.8) is 0 Å². The number of carbonyl (C=O) groups excluding carboxylic acids is 1. The Morgan fingerprint density at radius 1 is 1.12 bits per heavy atom. The van der Waals surface area contributed by atoms with E-state index in [9.17, 15) is 14.9 Å². The van der Waals surface area contributed by atoms with Crippen LogP contribution in [0.5, 0.6) is 11.5 Å². The second-order valence-corrected chi connectivity index (χ2v) is 6.87. The van der Waals surface area contributed by atoms with Crippen molar-refractivity contribution in [2.75, 3.05) is 24.0 Å². The Bertz CT molecular complexity index is 1130. The van der Waals surface area contributed by atoms with E-state index in [1.807, 2.05) is 38.1 Å². The van der Waals surface area contributed by atoms with Gasteiger partial charge in [0.15, 0.2) is 18.1 Å². The number of ether oxygens (including phenoxy) is 2. The summed E-state index contributed by atoms with van der Waals surface area (Å²) in [5, 5.41) is 17.5. The summed E-state index contributed by atoms with van der Waals surface area (Å²) in [5.74, 6) is 0.976. The van der Waals surface area contributed by atoms with Crippen molar-refractivity contribution < 1.29 is 19.2 Å². The third-order valence-corrected chi connectivity index (χ3v) is 4.31. The first-order valence-corrected chi connectivity index (χ1v) is 10.1. The van der Waals surface area contributed by atoms with E-state index in [-0.39, 0.29) is 18.2 Å². The van der Waals surface area contributed by atoms with Crippen LogP contribution in [0.15, 0.2) is 65.9 Å². The van der Waals surface area contributed by atoms with Gasteiger partial charge < -0.3 is 14.8 Å². The first-order valence-electron chi connectivity index (χ1n) is 10.1. The number of rotatable bonds is 10. The molecule has 0 bridgehead atoms. The summed E-state index contributed by atoms with van der Waals surface area (Å²) in [6.45, 7) is 4.06. The molecule has 1 heterocycles. The number of benzene rings is 2. The van der Waals surface area contributed by atoms with Gasteiger partial charge in [0.1, 0.15) is 12.0 Å². The van der Waals surface area contributed by atoms with Crippen LogP contribution in [0.4, 0.5) is 17.2 Å². The minimum atomic E-state index is -0.523. The van der Waals surface area contributed by atoms with E-state index in [2.05, 4.69) is 20.8 Å². The van der Waals surface area contributed by atoms with Crippen molar-refractivity contribution in [2.24, 2.45) is 5.10 Å². The minimum absolute atomic E-state index is 0.103. The molecule has 1 amide bonds. The number of amides is 1. The number of nitrogens with zero attached hydrogens (tertiary/aromatic N) is 3. The van der Waals surface area contributed by atoms with E-state index in [1.165, 1.54) is 12.1 Å². The van der Waals surface area contributed by atoms with Crippen LogP contribution in [0.3, 0.4) is 0 Å². The molecule has 0 spiro atoms. The van der Waals surface area contributed by atoms with Gasteiger partial charge in [0.05, 0.1) is 17.7 Å². The highest BCUT2D eigenvalue weighted by Crippen LogP contribution is 2.28. The van der Waals surface area contributed by atoms with Gasteiger partial charge in [0.2, 0.25) is 0 Å². The van der Waals surface area contributed by atoms with E-state index in [0.29, 0.717) is 35.2 Å². The fraction of sp³-hybridized carbons (Fsp3) is 0.174. The summed E-state index contributed by atoms with van der Waals surface area (Å²) in [6, 6.07) is 15.4. The molecule has 10 nitrogen and oxygen atoms in total. The molecule has 0 saturated carbocycles. The van der Waals surface area contributed by atoms with Crippen LogP contribution in [0.25, 0.3) is 0 Å². The van der Waals surface area contributed by atoms with Gasteiger partial charge in [-0.05, 0) is 55.8 Å². The average Bonchev–Trinajstić information content (AvgIpc) is 2.80. The molecule has 0 unspecified atom stereocenters. The predicted octanol–water partition coefficient (Wildman–Crippen LogP) is 4.16. The molecule has 0 fully saturated rings. The number of hydrazone groups is 1. The molecule has 0 atom stereocenters. The Balaban J connectivity index is 1.59. The maximum atomic E-state index is 12.2. The summed E-state index contributed by atoms with van der Waals surface area (Å²) in [4.78, 5) is 26.3. The molecule has 10 heteroatoms. The summed E-state index contributed by atoms with van der Waals surface area (Å²) < 4.78 is 11.3. The first kappa shape index (κ1) is 23.2. The van der Waals surface area contributed by atoms with Gasteiger partial charge in [-0.3, -0.25) is 20.3 Å². The Hall–Kier alpha value is -4.47. The maximum Gasteiger partial charge on any atom is 0.287 e. The molecule has 1 aromatic heterocycles. The third kappa shape index (κ3) is 7.03. The zero-order chi connectivity index (χ0) is 23.6. The Morgan fingerprint density at radius 3 is 2.58 bits per heavy atom. The number of nitrogens with one attached hydrogen (secondary N) is 2. The van der Waals surface area contributed by atoms with Crippen LogP contribution in [0.2, 0.25) is 0 Å². The molecule has 3 rings (SSSR count). The van der Waals surface area contributed by atoms with Gasteiger partial charge >= 0.3 is 0 Å². The Morgan fingerprint density at radius 2 is 1.91 bits per heavy atom. The molecule has 0 aliphatic heterocycles. The third-order valence-electron chi connectivity index (χ3n) is 4.31. The van der Waals surface area contributed by atoms with E-state index >= 15 is 0 Å². The molecule has 2 N–H and O–H groups in total. The van der Waals surface area contributed by atoms with Crippen LogP contribution in [-0.4, -0.2) is 35.2 Å². The smallest absolute Gasteiger partial charge is 0.287 e. The number of carbonyl (C=O) groups is 1. The molecule has 0 aliphatic rings. The largest absolute Gasteiger partial charge is 0.490 e. The minimum Gasteiger partial charge on any atom is -0.490 e. The van der Waals surface area contributed by atoms with Crippen molar-refractivity contribution in [1.29, 1.82) is 0 Å². The predicted molar refractivity (Wildman–Crippen MR) is 125 cm³/mol. The van der Waals surface area contributed by atoms with Gasteiger partial charge in [-0.25, -0.2) is 4.98 Å². The van der Waals surface area contributed by atoms with E-state index in [1.54, 1.807) is 24.4 Å². The topological polar surface area (TPSA) is 128 Å². The number of hydrogen-bond acceptors (Lipinski definition) is 8. The number of aryl methyl sites for hydroxylation is 1. The SMILES string of the molecule is CCOc1cc(/C=N\Nc2ccc([N+](=O)[O-])cn2)ccc1OCC(=O)Nc1ccc(C)cc1. The number of pyridine rings is 1. The van der Waals surface area contributed by atoms with Crippen molar-refractivity contribution in [2.45, 2.75) is 13.8 Å². The quantitative estimate of drug-likeness (QED) is 0.270. The van der Waals surface area contributed by atoms with E-state index in [4.69, 9.17) is 9.47 Å². The van der Waals surface area contributed by atoms with Gasteiger partial charge in [-0.15, -0.1) is 0 Å². The zero-order valence-corrected chi connectivity index (χ0v) is 18.1. The number of anilines is 2. The van der Waals surface area contributed by atoms with Gasteiger partial charge in [-0.1, -0.05) is 17.7 Å². The normalized spacial score (nSPS) is 10.6. The molecule has 3 aromatic rings. The molecule has 0 saturated heterocycles. The summed E-state index contributed by atoms with van der Waals surface area (Å²) in [6.07, 6.45) is 2.69. The summed E-state index contributed by atoms with van der Waals surface area (Å²) in [5.41, 5.74) is 5.11. The molecule has 170 valence electrons. The van der Waals surface area contributed by atoms with Crippen LogP contribution < -0.4 is 20.2 Å². The fourth-order valence-corrected chi connectivity index (χ4v) is 2.70. The lowest BCUT2D eigenvalue weighted by atomic mass is 10.2. The standard InChI is InChI=1S/C23H23N5O5/c1-3-32-21-12-17(13-25-27-22-11-9-19(14-24-22)28(30)31)6-10-20(21)33-15-23(29)26-18-7-4-16(2)5-8-18/h4-14H,3,15H2,1-2H3,(H,24,27)(H,26,29)/b25-13-. The van der Waals surface area contributed by atoms with Gasteiger partial charge in [0.25, 0.3) is 11.6 Å². The number of nitro groups is 1. The average molecular weight is 449 g/mol. The highest BCUT2D eigenvalue weighted by Gasteiger charge is 2.10. The molecule has 0 radical (unpaired) electrons. The monoisotopic (exact) mass is 449 g/mol. The van der Waals surface area contributed by atoms with Crippen molar-refractivity contribution >= 4 is 29.3 Å².